The van der Waals surface area contributed by atoms with Gasteiger partial charge in [0, 0.05) is 18.0 Å². The van der Waals surface area contributed by atoms with Gasteiger partial charge in [0.15, 0.2) is 0 Å². The van der Waals surface area contributed by atoms with Gasteiger partial charge in [0.05, 0.1) is 0 Å². The highest BCUT2D eigenvalue weighted by atomic mass is 16.5. The van der Waals surface area contributed by atoms with Crippen LogP contribution in [-0.2, 0) is 0 Å². The summed E-state index contributed by atoms with van der Waals surface area (Å²) in [4.78, 5) is 0. The highest BCUT2D eigenvalue weighted by molar-refractivity contribution is 5.39. The molecule has 1 saturated carbocycles. The lowest BCUT2D eigenvalue weighted by atomic mass is 9.80. The standard InChI is InChI=1S/C16H23NO/c1-11-8-15(2,3)10-16(11)9-13(17)12-6-4-5-7-14(12)18-16/h4-7,11,13H,8-10,17H2,1-3H3/t11?,13-,16?/m1/s1. The zero-order valence-corrected chi connectivity index (χ0v) is 11.6. The summed E-state index contributed by atoms with van der Waals surface area (Å²) >= 11 is 0. The number of nitrogens with two attached hydrogens (primary N) is 1. The zero-order chi connectivity index (χ0) is 13.0. The van der Waals surface area contributed by atoms with Gasteiger partial charge in [-0.15, -0.1) is 0 Å². The molecular formula is C16H23NO. The second kappa shape index (κ2) is 3.74. The molecule has 0 radical (unpaired) electrons. The molecular weight excluding hydrogens is 222 g/mol. The number of benzene rings is 1. The maximum atomic E-state index is 6.42. The summed E-state index contributed by atoms with van der Waals surface area (Å²) in [5, 5.41) is 0. The first-order chi connectivity index (χ1) is 8.42. The Hall–Kier alpha value is -1.02. The molecule has 2 aliphatic rings. The van der Waals surface area contributed by atoms with E-state index < -0.39 is 0 Å². The van der Waals surface area contributed by atoms with E-state index >= 15 is 0 Å². The summed E-state index contributed by atoms with van der Waals surface area (Å²) in [6, 6.07) is 8.36. The minimum atomic E-state index is -0.0444. The average molecular weight is 245 g/mol. The van der Waals surface area contributed by atoms with Crippen LogP contribution in [0.4, 0.5) is 0 Å². The second-order valence-corrected chi connectivity index (χ2v) is 6.96. The summed E-state index contributed by atoms with van der Waals surface area (Å²) in [6.07, 6.45) is 3.29. The largest absolute Gasteiger partial charge is 0.487 e. The third-order valence-corrected chi connectivity index (χ3v) is 4.73. The van der Waals surface area contributed by atoms with Crippen LogP contribution in [0.3, 0.4) is 0 Å². The zero-order valence-electron chi connectivity index (χ0n) is 11.6. The van der Waals surface area contributed by atoms with Crippen LogP contribution in [0.25, 0.3) is 0 Å². The van der Waals surface area contributed by atoms with Crippen molar-refractivity contribution in [2.45, 2.75) is 51.7 Å². The molecule has 3 atom stereocenters. The van der Waals surface area contributed by atoms with Gasteiger partial charge in [0.1, 0.15) is 11.4 Å². The molecule has 1 spiro atoms. The van der Waals surface area contributed by atoms with Crippen molar-refractivity contribution < 1.29 is 4.74 Å². The fourth-order valence-electron chi connectivity index (χ4n) is 4.10. The predicted molar refractivity (Wildman–Crippen MR) is 73.5 cm³/mol. The molecule has 2 nitrogen and oxygen atoms in total. The van der Waals surface area contributed by atoms with Crippen LogP contribution >= 0.6 is 0 Å². The minimum Gasteiger partial charge on any atom is -0.487 e. The van der Waals surface area contributed by atoms with E-state index in [4.69, 9.17) is 10.5 Å². The molecule has 18 heavy (non-hydrogen) atoms. The molecule has 0 bridgehead atoms. The Morgan fingerprint density at radius 3 is 2.61 bits per heavy atom. The van der Waals surface area contributed by atoms with Crippen molar-refractivity contribution in [2.75, 3.05) is 0 Å². The van der Waals surface area contributed by atoms with Crippen LogP contribution in [0.15, 0.2) is 24.3 Å². The lowest BCUT2D eigenvalue weighted by molar-refractivity contribution is 0.00184. The molecule has 2 heteroatoms. The molecule has 1 heterocycles. The Balaban J connectivity index is 1.99. The van der Waals surface area contributed by atoms with E-state index in [0.29, 0.717) is 11.3 Å². The lowest BCUT2D eigenvalue weighted by Gasteiger charge is -2.42. The number of fused-ring (bicyclic) bond motifs is 1. The first kappa shape index (κ1) is 12.0. The molecule has 1 aliphatic carbocycles. The van der Waals surface area contributed by atoms with Gasteiger partial charge in [-0.05, 0) is 30.2 Å². The van der Waals surface area contributed by atoms with Crippen LogP contribution in [0, 0.1) is 11.3 Å². The van der Waals surface area contributed by atoms with E-state index in [1.54, 1.807) is 0 Å². The number of para-hydroxylation sites is 1. The van der Waals surface area contributed by atoms with Crippen molar-refractivity contribution in [1.29, 1.82) is 0 Å². The number of hydrogen-bond acceptors (Lipinski definition) is 2. The van der Waals surface area contributed by atoms with Gasteiger partial charge in [-0.3, -0.25) is 0 Å². The van der Waals surface area contributed by atoms with E-state index in [9.17, 15) is 0 Å². The quantitative estimate of drug-likeness (QED) is 0.757. The van der Waals surface area contributed by atoms with Crippen LogP contribution < -0.4 is 10.5 Å². The SMILES string of the molecule is CC1CC(C)(C)CC12C[C@@H](N)c1ccccc1O2. The topological polar surface area (TPSA) is 35.2 Å². The van der Waals surface area contributed by atoms with Gasteiger partial charge in [0.25, 0.3) is 0 Å². The van der Waals surface area contributed by atoms with Crippen molar-refractivity contribution in [2.24, 2.45) is 17.1 Å². The summed E-state index contributed by atoms with van der Waals surface area (Å²) in [5.41, 5.74) is 7.86. The smallest absolute Gasteiger partial charge is 0.124 e. The summed E-state index contributed by atoms with van der Waals surface area (Å²) in [5.74, 6) is 1.58. The molecule has 0 saturated heterocycles. The third kappa shape index (κ3) is 1.74. The van der Waals surface area contributed by atoms with E-state index in [2.05, 4.69) is 32.9 Å². The van der Waals surface area contributed by atoms with E-state index in [0.717, 1.165) is 18.6 Å². The van der Waals surface area contributed by atoms with Crippen molar-refractivity contribution in [3.8, 4) is 5.75 Å². The molecule has 1 aromatic rings. The Morgan fingerprint density at radius 1 is 1.22 bits per heavy atom. The summed E-state index contributed by atoms with van der Waals surface area (Å²) in [6.45, 7) is 7.00. The summed E-state index contributed by atoms with van der Waals surface area (Å²) < 4.78 is 6.42. The van der Waals surface area contributed by atoms with E-state index in [-0.39, 0.29) is 11.6 Å². The lowest BCUT2D eigenvalue weighted by Crippen LogP contribution is -2.45. The van der Waals surface area contributed by atoms with Crippen LogP contribution in [0.1, 0.15) is 51.6 Å². The molecule has 98 valence electrons. The van der Waals surface area contributed by atoms with Gasteiger partial charge >= 0.3 is 0 Å². The highest BCUT2D eigenvalue weighted by Crippen LogP contribution is 2.55. The van der Waals surface area contributed by atoms with Crippen LogP contribution in [0.2, 0.25) is 0 Å². The second-order valence-electron chi connectivity index (χ2n) is 6.96. The molecule has 2 N–H and O–H groups in total. The van der Waals surface area contributed by atoms with Crippen molar-refractivity contribution in [3.63, 3.8) is 0 Å². The van der Waals surface area contributed by atoms with E-state index in [1.165, 1.54) is 12.0 Å². The maximum absolute atomic E-state index is 6.42. The van der Waals surface area contributed by atoms with E-state index in [1.807, 2.05) is 12.1 Å². The molecule has 3 rings (SSSR count). The number of rotatable bonds is 0. The highest BCUT2D eigenvalue weighted by Gasteiger charge is 2.53. The average Bonchev–Trinajstić information content (AvgIpc) is 2.48. The third-order valence-electron chi connectivity index (χ3n) is 4.73. The maximum Gasteiger partial charge on any atom is 0.124 e. The predicted octanol–water partition coefficient (Wildman–Crippen LogP) is 3.66. The molecule has 0 aromatic heterocycles. The monoisotopic (exact) mass is 245 g/mol. The van der Waals surface area contributed by atoms with Gasteiger partial charge in [-0.25, -0.2) is 0 Å². The Bertz CT molecular complexity index is 468. The van der Waals surface area contributed by atoms with Gasteiger partial charge in [0.2, 0.25) is 0 Å². The molecule has 0 amide bonds. The molecule has 1 aromatic carbocycles. The van der Waals surface area contributed by atoms with Crippen LogP contribution in [0.5, 0.6) is 5.75 Å². The first-order valence-corrected chi connectivity index (χ1v) is 6.95. The Labute approximate surface area is 110 Å². The van der Waals surface area contributed by atoms with Gasteiger partial charge in [-0.2, -0.15) is 0 Å². The normalized spacial score (nSPS) is 37.3. The fourth-order valence-corrected chi connectivity index (χ4v) is 4.10. The molecule has 1 fully saturated rings. The van der Waals surface area contributed by atoms with Gasteiger partial charge in [-0.1, -0.05) is 39.0 Å². The summed E-state index contributed by atoms with van der Waals surface area (Å²) in [7, 11) is 0. The van der Waals surface area contributed by atoms with Crippen LogP contribution in [-0.4, -0.2) is 5.60 Å². The molecule has 2 unspecified atom stereocenters. The fraction of sp³-hybridized carbons (Fsp3) is 0.625. The molecule has 1 aliphatic heterocycles. The van der Waals surface area contributed by atoms with Crippen molar-refractivity contribution >= 4 is 0 Å². The first-order valence-electron chi connectivity index (χ1n) is 6.95. The Morgan fingerprint density at radius 2 is 1.94 bits per heavy atom. The number of ether oxygens (including phenoxy) is 1. The Kier molecular flexibility index (Phi) is 2.50. The van der Waals surface area contributed by atoms with Crippen molar-refractivity contribution in [1.82, 2.24) is 0 Å². The van der Waals surface area contributed by atoms with Crippen molar-refractivity contribution in [3.05, 3.63) is 29.8 Å². The number of hydrogen-bond donors (Lipinski definition) is 1. The minimum absolute atomic E-state index is 0.0444. The van der Waals surface area contributed by atoms with Gasteiger partial charge < -0.3 is 10.5 Å².